The number of rotatable bonds is 3. The van der Waals surface area contributed by atoms with Crippen LogP contribution in [0.1, 0.15) is 13.8 Å². The van der Waals surface area contributed by atoms with Crippen molar-refractivity contribution in [1.29, 1.82) is 0 Å². The van der Waals surface area contributed by atoms with Crippen LogP contribution in [0.2, 0.25) is 0 Å². The molecule has 0 unspecified atom stereocenters. The average Bonchev–Trinajstić information content (AvgIpc) is 3.40. The second-order valence-corrected chi connectivity index (χ2v) is 8.47. The molecule has 180 valence electrons. The van der Waals surface area contributed by atoms with Crippen LogP contribution < -0.4 is 16.6 Å². The van der Waals surface area contributed by atoms with E-state index in [-0.39, 0.29) is 39.3 Å². The van der Waals surface area contributed by atoms with Crippen molar-refractivity contribution in [2.75, 3.05) is 0 Å². The van der Waals surface area contributed by atoms with Gasteiger partial charge in [-0.2, -0.15) is 0 Å². The number of hydrogen-bond acceptors (Lipinski definition) is 4. The van der Waals surface area contributed by atoms with Gasteiger partial charge in [-0.15, -0.1) is 35.3 Å². The quantitative estimate of drug-likeness (QED) is 0.129. The Morgan fingerprint density at radius 3 is 2.39 bits per heavy atom. The van der Waals surface area contributed by atoms with Crippen molar-refractivity contribution < 1.29 is 35.4 Å². The minimum Gasteiger partial charge on any atom is -0.512 e. The number of para-hydroxylation sites is 1. The molecule has 0 radical (unpaired) electrons. The van der Waals surface area contributed by atoms with Crippen molar-refractivity contribution in [1.82, 2.24) is 4.98 Å². The summed E-state index contributed by atoms with van der Waals surface area (Å²) < 4.78 is 6.51. The summed E-state index contributed by atoms with van der Waals surface area (Å²) in [5, 5.41) is 9.50. The molecule has 1 aliphatic heterocycles. The van der Waals surface area contributed by atoms with Gasteiger partial charge in [0, 0.05) is 44.3 Å². The SMILES string of the molecule is CC(=O)/C=C(/C)O.[Pt].[c-]1cccc2c1-c1ncccc1B2c1oc2ccccc2c1-c1ccccc1. The van der Waals surface area contributed by atoms with Crippen LogP contribution in [0.25, 0.3) is 33.4 Å². The van der Waals surface area contributed by atoms with E-state index in [0.717, 1.165) is 33.4 Å². The number of furan rings is 1. The number of aromatic nitrogens is 1. The summed E-state index contributed by atoms with van der Waals surface area (Å²) in [6.45, 7) is 2.86. The van der Waals surface area contributed by atoms with Crippen LogP contribution in [-0.4, -0.2) is 22.6 Å². The number of ketones is 1. The van der Waals surface area contributed by atoms with Crippen molar-refractivity contribution in [2.24, 2.45) is 0 Å². The monoisotopic (exact) mass is 651 g/mol. The van der Waals surface area contributed by atoms with Gasteiger partial charge < -0.3 is 14.5 Å². The number of nitrogens with zero attached hydrogens (tertiary/aromatic N) is 1. The third-order valence-electron chi connectivity index (χ3n) is 5.95. The third kappa shape index (κ3) is 4.85. The van der Waals surface area contributed by atoms with E-state index in [0.29, 0.717) is 0 Å². The number of pyridine rings is 1. The predicted octanol–water partition coefficient (Wildman–Crippen LogP) is 4.83. The molecule has 36 heavy (non-hydrogen) atoms. The molecule has 0 aliphatic carbocycles. The molecule has 3 heterocycles. The summed E-state index contributed by atoms with van der Waals surface area (Å²) in [6, 6.07) is 32.5. The van der Waals surface area contributed by atoms with Crippen molar-refractivity contribution in [3.8, 4) is 22.4 Å². The van der Waals surface area contributed by atoms with Gasteiger partial charge in [-0.25, -0.2) is 0 Å². The number of aliphatic hydroxyl groups excluding tert-OH is 1. The van der Waals surface area contributed by atoms with E-state index in [2.05, 4.69) is 59.6 Å². The molecule has 6 heteroatoms. The maximum Gasteiger partial charge on any atom is 0.228 e. The van der Waals surface area contributed by atoms with Gasteiger partial charge >= 0.3 is 0 Å². The van der Waals surface area contributed by atoms with Gasteiger partial charge in [0.05, 0.1) is 11.4 Å². The predicted molar refractivity (Wildman–Crippen MR) is 142 cm³/mol. The summed E-state index contributed by atoms with van der Waals surface area (Å²) in [5.41, 5.74) is 8.66. The maximum atomic E-state index is 10.0. The zero-order valence-electron chi connectivity index (χ0n) is 19.8. The molecule has 0 amide bonds. The molecule has 0 bridgehead atoms. The van der Waals surface area contributed by atoms with Crippen molar-refractivity contribution in [3.05, 3.63) is 109 Å². The number of aliphatic hydroxyl groups is 1. The fraction of sp³-hybridized carbons (Fsp3) is 0.0667. The molecule has 5 aromatic rings. The summed E-state index contributed by atoms with van der Waals surface area (Å²) in [4.78, 5) is 14.7. The van der Waals surface area contributed by atoms with E-state index in [1.54, 1.807) is 0 Å². The van der Waals surface area contributed by atoms with Crippen LogP contribution in [0.4, 0.5) is 0 Å². The smallest absolute Gasteiger partial charge is 0.228 e. The first-order valence-corrected chi connectivity index (χ1v) is 11.4. The third-order valence-corrected chi connectivity index (χ3v) is 5.95. The minimum atomic E-state index is -0.125. The normalized spacial score (nSPS) is 11.7. The molecule has 0 saturated heterocycles. The fourth-order valence-electron chi connectivity index (χ4n) is 4.67. The molecule has 0 fully saturated rings. The molecule has 6 rings (SSSR count). The van der Waals surface area contributed by atoms with Crippen molar-refractivity contribution >= 4 is 40.1 Å². The Labute approximate surface area is 225 Å². The molecule has 0 spiro atoms. The van der Waals surface area contributed by atoms with E-state index < -0.39 is 0 Å². The van der Waals surface area contributed by atoms with Crippen LogP contribution in [-0.2, 0) is 25.9 Å². The van der Waals surface area contributed by atoms with Gasteiger partial charge in [0.2, 0.25) is 6.71 Å². The number of carbonyl (C=O) groups is 1. The summed E-state index contributed by atoms with van der Waals surface area (Å²) >= 11 is 0. The zero-order chi connectivity index (χ0) is 24.4. The fourth-order valence-corrected chi connectivity index (χ4v) is 4.67. The van der Waals surface area contributed by atoms with E-state index in [1.165, 1.54) is 36.4 Å². The van der Waals surface area contributed by atoms with Gasteiger partial charge in [0.25, 0.3) is 0 Å². The van der Waals surface area contributed by atoms with Crippen LogP contribution in [0.5, 0.6) is 0 Å². The van der Waals surface area contributed by atoms with Gasteiger partial charge in [0.15, 0.2) is 5.78 Å². The first-order valence-electron chi connectivity index (χ1n) is 11.4. The average molecular weight is 651 g/mol. The summed E-state index contributed by atoms with van der Waals surface area (Å²) in [7, 11) is 0. The molecule has 1 aliphatic rings. The molecular weight excluding hydrogens is 628 g/mol. The minimum absolute atomic E-state index is 0. The Kier molecular flexibility index (Phi) is 7.71. The van der Waals surface area contributed by atoms with Gasteiger partial charge in [-0.05, 0) is 37.2 Å². The van der Waals surface area contributed by atoms with Crippen molar-refractivity contribution in [3.63, 3.8) is 0 Å². The Hall–Kier alpha value is -3.69. The summed E-state index contributed by atoms with van der Waals surface area (Å²) in [6.07, 6.45) is 3.02. The second kappa shape index (κ2) is 10.9. The van der Waals surface area contributed by atoms with Crippen LogP contribution in [0.3, 0.4) is 0 Å². The molecule has 2 aromatic heterocycles. The van der Waals surface area contributed by atoms with Gasteiger partial charge in [-0.3, -0.25) is 4.79 Å². The number of benzene rings is 3. The van der Waals surface area contributed by atoms with Crippen LogP contribution in [0, 0.1) is 6.07 Å². The van der Waals surface area contributed by atoms with Crippen LogP contribution in [0.15, 0.2) is 107 Å². The molecule has 4 nitrogen and oxygen atoms in total. The first kappa shape index (κ1) is 25.4. The van der Waals surface area contributed by atoms with Gasteiger partial charge in [-0.1, -0.05) is 60.1 Å². The number of fused-ring (bicyclic) bond motifs is 4. The molecule has 3 aromatic carbocycles. The van der Waals surface area contributed by atoms with E-state index >= 15 is 0 Å². The Morgan fingerprint density at radius 2 is 1.67 bits per heavy atom. The number of hydrogen-bond donors (Lipinski definition) is 1. The number of carbonyl (C=O) groups excluding carboxylic acids is 1. The Morgan fingerprint density at radius 1 is 0.944 bits per heavy atom. The Balaban J connectivity index is 0.000000338. The maximum absolute atomic E-state index is 10.0. The topological polar surface area (TPSA) is 63.3 Å². The zero-order valence-corrected chi connectivity index (χ0v) is 22.1. The Bertz CT molecular complexity index is 1510. The molecule has 0 atom stereocenters. The molecule has 0 saturated carbocycles. The van der Waals surface area contributed by atoms with E-state index in [1.807, 2.05) is 42.6 Å². The second-order valence-electron chi connectivity index (χ2n) is 8.47. The molecular formula is C30H23BNO3Pt-. The van der Waals surface area contributed by atoms with E-state index in [9.17, 15) is 4.79 Å². The summed E-state index contributed by atoms with van der Waals surface area (Å²) in [5.74, 6) is -0.0625. The largest absolute Gasteiger partial charge is 0.512 e. The standard InChI is InChI=1S/C25H15BNO.C5H8O2.Pt/c1-2-9-17(10-3-1)23-19-12-5-7-15-22(19)28-25(23)26-20-13-6-4-11-18(20)24-21(26)14-8-16-27-24;1-4(6)3-5(2)7;/h1-10,12-16H;3,6H,1-2H3;/q-1;;/b;4-3-;. The van der Waals surface area contributed by atoms with Crippen molar-refractivity contribution in [2.45, 2.75) is 13.8 Å². The van der Waals surface area contributed by atoms with Gasteiger partial charge in [0.1, 0.15) is 5.58 Å². The molecule has 1 N–H and O–H groups in total. The van der Waals surface area contributed by atoms with E-state index in [4.69, 9.17) is 9.52 Å². The van der Waals surface area contributed by atoms with Crippen LogP contribution >= 0.6 is 0 Å². The first-order chi connectivity index (χ1) is 17.0. The number of allylic oxidation sites excluding steroid dienone is 2.